The topological polar surface area (TPSA) is 106 Å². The quantitative estimate of drug-likeness (QED) is 0.535. The second kappa shape index (κ2) is 8.24. The summed E-state index contributed by atoms with van der Waals surface area (Å²) < 4.78 is 15.9. The van der Waals surface area contributed by atoms with Crippen molar-refractivity contribution in [3.63, 3.8) is 0 Å². The van der Waals surface area contributed by atoms with E-state index in [0.29, 0.717) is 24.2 Å². The van der Waals surface area contributed by atoms with E-state index in [2.05, 4.69) is 0 Å². The van der Waals surface area contributed by atoms with E-state index in [9.17, 15) is 14.7 Å². The van der Waals surface area contributed by atoms with Gasteiger partial charge in [-0.2, -0.15) is 0 Å². The van der Waals surface area contributed by atoms with Crippen LogP contribution >= 0.6 is 0 Å². The van der Waals surface area contributed by atoms with Crippen molar-refractivity contribution in [3.8, 4) is 17.2 Å². The van der Waals surface area contributed by atoms with E-state index in [1.54, 1.807) is 12.1 Å². The number of benzene rings is 1. The Balaban J connectivity index is 2.16. The molecule has 0 bridgehead atoms. The first-order valence-electron chi connectivity index (χ1n) is 7.80. The van der Waals surface area contributed by atoms with Gasteiger partial charge in [-0.25, -0.2) is 4.79 Å². The van der Waals surface area contributed by atoms with Crippen molar-refractivity contribution in [2.45, 2.75) is 32.6 Å². The van der Waals surface area contributed by atoms with Crippen LogP contribution in [0.3, 0.4) is 0 Å². The van der Waals surface area contributed by atoms with Crippen LogP contribution in [-0.4, -0.2) is 29.4 Å². The van der Waals surface area contributed by atoms with Gasteiger partial charge in [0.25, 0.3) is 0 Å². The van der Waals surface area contributed by atoms with Crippen molar-refractivity contribution in [3.05, 3.63) is 28.6 Å². The maximum atomic E-state index is 11.9. The van der Waals surface area contributed by atoms with Gasteiger partial charge in [0.2, 0.25) is 5.75 Å². The largest absolute Gasteiger partial charge is 0.504 e. The first kappa shape index (κ1) is 17.7. The fraction of sp³-hybridized carbons (Fsp3) is 0.412. The highest BCUT2D eigenvalue weighted by molar-refractivity contribution is 5.86. The van der Waals surface area contributed by atoms with Gasteiger partial charge >= 0.3 is 11.6 Å². The van der Waals surface area contributed by atoms with Gasteiger partial charge < -0.3 is 24.1 Å². The van der Waals surface area contributed by atoms with Crippen LogP contribution in [0.5, 0.6) is 17.2 Å². The first-order valence-corrected chi connectivity index (χ1v) is 7.80. The zero-order chi connectivity index (χ0) is 17.5. The van der Waals surface area contributed by atoms with Crippen LogP contribution in [0.25, 0.3) is 11.0 Å². The molecule has 1 heterocycles. The molecule has 2 rings (SSSR count). The highest BCUT2D eigenvalue weighted by Gasteiger charge is 2.16. The van der Waals surface area contributed by atoms with Gasteiger partial charge in [0.05, 0.1) is 18.6 Å². The molecule has 0 unspecified atom stereocenters. The summed E-state index contributed by atoms with van der Waals surface area (Å²) in [7, 11) is 0. The molecule has 7 nitrogen and oxygen atoms in total. The van der Waals surface area contributed by atoms with Gasteiger partial charge in [0, 0.05) is 12.5 Å². The third-order valence-electron chi connectivity index (χ3n) is 3.36. The Bertz CT molecular complexity index is 763. The van der Waals surface area contributed by atoms with Gasteiger partial charge in [-0.3, -0.25) is 4.79 Å². The zero-order valence-electron chi connectivity index (χ0n) is 13.4. The second-order valence-corrected chi connectivity index (χ2v) is 5.27. The van der Waals surface area contributed by atoms with E-state index in [0.717, 1.165) is 12.8 Å². The van der Waals surface area contributed by atoms with Gasteiger partial charge in [-0.1, -0.05) is 13.3 Å². The minimum atomic E-state index is -0.886. The third-order valence-corrected chi connectivity index (χ3v) is 3.36. The number of carbonyl (C=O) groups is 1. The molecule has 0 saturated carbocycles. The first-order chi connectivity index (χ1) is 11.5. The minimum Gasteiger partial charge on any atom is -0.504 e. The van der Waals surface area contributed by atoms with Crippen molar-refractivity contribution >= 4 is 16.9 Å². The number of ether oxygens (including phenoxy) is 2. The van der Waals surface area contributed by atoms with Crippen LogP contribution in [0.2, 0.25) is 0 Å². The summed E-state index contributed by atoms with van der Waals surface area (Å²) in [6, 6.07) is 4.65. The number of hydrogen-bond acceptors (Lipinski definition) is 6. The normalized spacial score (nSPS) is 10.7. The summed E-state index contributed by atoms with van der Waals surface area (Å²) in [5, 5.41) is 19.1. The molecular weight excluding hydrogens is 316 g/mol. The number of unbranched alkanes of at least 4 members (excludes halogenated alkanes) is 1. The summed E-state index contributed by atoms with van der Waals surface area (Å²) in [5.74, 6) is -0.903. The Labute approximate surface area is 138 Å². The summed E-state index contributed by atoms with van der Waals surface area (Å²) in [5.41, 5.74) is -0.574. The zero-order valence-corrected chi connectivity index (χ0v) is 13.4. The summed E-state index contributed by atoms with van der Waals surface area (Å²) in [6.45, 7) is 2.54. The smallest absolute Gasteiger partial charge is 0.383 e. The van der Waals surface area contributed by atoms with E-state index in [1.165, 1.54) is 6.07 Å². The second-order valence-electron chi connectivity index (χ2n) is 5.27. The lowest BCUT2D eigenvalue weighted by Gasteiger charge is -2.09. The number of aromatic hydroxyl groups is 1. The number of aliphatic carboxylic acids is 1. The lowest BCUT2D eigenvalue weighted by molar-refractivity contribution is -0.137. The van der Waals surface area contributed by atoms with Crippen LogP contribution in [0, 0.1) is 0 Å². The fourth-order valence-electron chi connectivity index (χ4n) is 2.10. The van der Waals surface area contributed by atoms with Crippen LogP contribution in [0.15, 0.2) is 27.4 Å². The maximum absolute atomic E-state index is 11.9. The summed E-state index contributed by atoms with van der Waals surface area (Å²) in [4.78, 5) is 22.4. The predicted molar refractivity (Wildman–Crippen MR) is 86.9 cm³/mol. The van der Waals surface area contributed by atoms with Crippen LogP contribution in [0.1, 0.15) is 32.6 Å². The number of fused-ring (bicyclic) bond motifs is 1. The molecule has 0 amide bonds. The van der Waals surface area contributed by atoms with Gasteiger partial charge in [-0.15, -0.1) is 0 Å². The number of hydrogen-bond donors (Lipinski definition) is 2. The molecule has 7 heteroatoms. The van der Waals surface area contributed by atoms with E-state index in [-0.39, 0.29) is 30.1 Å². The monoisotopic (exact) mass is 336 g/mol. The van der Waals surface area contributed by atoms with Crippen LogP contribution < -0.4 is 15.1 Å². The Morgan fingerprint density at radius 1 is 1.21 bits per heavy atom. The Hall–Kier alpha value is -2.70. The molecule has 0 aliphatic rings. The van der Waals surface area contributed by atoms with Crippen molar-refractivity contribution in [2.75, 3.05) is 13.2 Å². The SMILES string of the molecule is CCCCOc1c(O)c2ccc(OCCCC(=O)O)cc2oc1=O. The lowest BCUT2D eigenvalue weighted by atomic mass is 10.2. The molecule has 0 atom stereocenters. The standard InChI is InChI=1S/C17H20O7/c1-2-3-8-23-16-15(20)12-7-6-11(10-13(12)24-17(16)21)22-9-4-5-14(18)19/h6-7,10,20H,2-5,8-9H2,1H3,(H,18,19). The predicted octanol–water partition coefficient (Wildman–Crippen LogP) is 2.92. The molecule has 2 aromatic rings. The Morgan fingerprint density at radius 3 is 2.67 bits per heavy atom. The van der Waals surface area contributed by atoms with Crippen molar-refractivity contribution in [2.24, 2.45) is 0 Å². The Morgan fingerprint density at radius 2 is 1.96 bits per heavy atom. The molecule has 0 fully saturated rings. The van der Waals surface area contributed by atoms with E-state index in [4.69, 9.17) is 19.0 Å². The average molecular weight is 336 g/mol. The molecule has 0 aliphatic heterocycles. The van der Waals surface area contributed by atoms with Crippen LogP contribution in [-0.2, 0) is 4.79 Å². The number of rotatable bonds is 9. The van der Waals surface area contributed by atoms with Gasteiger partial charge in [0.1, 0.15) is 11.3 Å². The number of carboxylic acid groups (broad SMARTS) is 1. The molecule has 2 N–H and O–H groups in total. The van der Waals surface area contributed by atoms with Gasteiger partial charge in [-0.05, 0) is 25.0 Å². The van der Waals surface area contributed by atoms with Crippen molar-refractivity contribution in [1.82, 2.24) is 0 Å². The van der Waals surface area contributed by atoms with Gasteiger partial charge in [0.15, 0.2) is 5.75 Å². The average Bonchev–Trinajstić information content (AvgIpc) is 2.54. The van der Waals surface area contributed by atoms with E-state index >= 15 is 0 Å². The number of carboxylic acids is 1. The van der Waals surface area contributed by atoms with Crippen LogP contribution in [0.4, 0.5) is 0 Å². The van der Waals surface area contributed by atoms with E-state index in [1.807, 2.05) is 6.92 Å². The molecule has 1 aromatic carbocycles. The minimum absolute atomic E-state index is 0.0158. The highest BCUT2D eigenvalue weighted by atomic mass is 16.5. The van der Waals surface area contributed by atoms with Crippen molar-refractivity contribution < 1.29 is 28.9 Å². The molecule has 1 aromatic heterocycles. The molecule has 130 valence electrons. The molecule has 0 radical (unpaired) electrons. The van der Waals surface area contributed by atoms with E-state index < -0.39 is 11.6 Å². The fourth-order valence-corrected chi connectivity index (χ4v) is 2.10. The molecule has 0 aliphatic carbocycles. The summed E-state index contributed by atoms with van der Waals surface area (Å²) >= 11 is 0. The van der Waals surface area contributed by atoms with Crippen molar-refractivity contribution in [1.29, 1.82) is 0 Å². The molecule has 0 saturated heterocycles. The molecule has 24 heavy (non-hydrogen) atoms. The third kappa shape index (κ3) is 4.41. The molecular formula is C17H20O7. The highest BCUT2D eigenvalue weighted by Crippen LogP contribution is 2.33. The summed E-state index contributed by atoms with van der Waals surface area (Å²) in [6.07, 6.45) is 2.05. The Kier molecular flexibility index (Phi) is 6.06. The maximum Gasteiger partial charge on any atom is 0.383 e. The lowest BCUT2D eigenvalue weighted by Crippen LogP contribution is -2.08. The molecule has 0 spiro atoms.